The molecule has 0 spiro atoms. The van der Waals surface area contributed by atoms with Crippen molar-refractivity contribution in [3.8, 4) is 12.1 Å². The highest BCUT2D eigenvalue weighted by Gasteiger charge is 1.98. The molecule has 16 heavy (non-hydrogen) atoms. The molecular formula is C11H7FN4. The number of nitriles is 2. The van der Waals surface area contributed by atoms with Crippen molar-refractivity contribution in [3.05, 3.63) is 47.0 Å². The first-order chi connectivity index (χ1) is 7.67. The van der Waals surface area contributed by atoms with E-state index < -0.39 is 5.82 Å². The number of aliphatic imine (C=N–C) groups is 1. The standard InChI is InChI=1S/C11H7FN4/c12-9-3-1-2-8(4-9)7-16-11(6-14)10(15)5-13/h1-4,7H,15H2/b11-10+,16-7?. The van der Waals surface area contributed by atoms with Crippen LogP contribution in [0.15, 0.2) is 40.7 Å². The summed E-state index contributed by atoms with van der Waals surface area (Å²) >= 11 is 0. The Balaban J connectivity index is 2.99. The summed E-state index contributed by atoms with van der Waals surface area (Å²) < 4.78 is 12.8. The molecule has 1 rings (SSSR count). The molecule has 0 aromatic heterocycles. The van der Waals surface area contributed by atoms with E-state index in [1.54, 1.807) is 18.2 Å². The molecular weight excluding hydrogens is 207 g/mol. The summed E-state index contributed by atoms with van der Waals surface area (Å²) in [7, 11) is 0. The van der Waals surface area contributed by atoms with Crippen LogP contribution in [0.4, 0.5) is 4.39 Å². The lowest BCUT2D eigenvalue weighted by molar-refractivity contribution is 0.627. The van der Waals surface area contributed by atoms with Crippen LogP contribution < -0.4 is 5.73 Å². The normalized spacial score (nSPS) is 11.7. The van der Waals surface area contributed by atoms with Crippen molar-refractivity contribution in [1.29, 1.82) is 10.5 Å². The van der Waals surface area contributed by atoms with Gasteiger partial charge in [-0.3, -0.25) is 0 Å². The van der Waals surface area contributed by atoms with Gasteiger partial charge in [0.1, 0.15) is 23.7 Å². The molecule has 0 atom stereocenters. The number of hydrogen-bond donors (Lipinski definition) is 1. The molecule has 1 aromatic carbocycles. The van der Waals surface area contributed by atoms with E-state index >= 15 is 0 Å². The topological polar surface area (TPSA) is 86.0 Å². The van der Waals surface area contributed by atoms with Crippen LogP contribution in [0.2, 0.25) is 0 Å². The maximum Gasteiger partial charge on any atom is 0.174 e. The van der Waals surface area contributed by atoms with Gasteiger partial charge in [-0.2, -0.15) is 10.5 Å². The SMILES string of the molecule is N#C/C(N)=C(/C#N)N=Cc1cccc(F)c1. The predicted octanol–water partition coefficient (Wildman–Crippen LogP) is 1.46. The van der Waals surface area contributed by atoms with Crippen LogP contribution in [0.3, 0.4) is 0 Å². The molecule has 5 heteroatoms. The van der Waals surface area contributed by atoms with Crippen LogP contribution in [0.5, 0.6) is 0 Å². The summed E-state index contributed by atoms with van der Waals surface area (Å²) in [6.45, 7) is 0. The molecule has 0 aliphatic rings. The second-order valence-corrected chi connectivity index (χ2v) is 2.80. The summed E-state index contributed by atoms with van der Waals surface area (Å²) in [5, 5.41) is 17.1. The van der Waals surface area contributed by atoms with E-state index in [4.69, 9.17) is 16.3 Å². The fraction of sp³-hybridized carbons (Fsp3) is 0. The third kappa shape index (κ3) is 2.93. The van der Waals surface area contributed by atoms with Gasteiger partial charge in [0.2, 0.25) is 0 Å². The molecule has 0 saturated carbocycles. The van der Waals surface area contributed by atoms with Crippen molar-refractivity contribution in [2.45, 2.75) is 0 Å². The summed E-state index contributed by atoms with van der Waals surface area (Å²) in [4.78, 5) is 3.70. The van der Waals surface area contributed by atoms with E-state index in [2.05, 4.69) is 4.99 Å². The van der Waals surface area contributed by atoms with Crippen LogP contribution in [0, 0.1) is 28.5 Å². The Labute approximate surface area is 91.8 Å². The van der Waals surface area contributed by atoms with Gasteiger partial charge in [0.15, 0.2) is 5.70 Å². The first-order valence-corrected chi connectivity index (χ1v) is 4.27. The Morgan fingerprint density at radius 3 is 2.69 bits per heavy atom. The van der Waals surface area contributed by atoms with Crippen molar-refractivity contribution < 1.29 is 4.39 Å². The monoisotopic (exact) mass is 214 g/mol. The van der Waals surface area contributed by atoms with Gasteiger partial charge in [0.25, 0.3) is 0 Å². The first-order valence-electron chi connectivity index (χ1n) is 4.27. The lowest BCUT2D eigenvalue weighted by atomic mass is 10.2. The molecule has 0 bridgehead atoms. The molecule has 0 unspecified atom stereocenters. The van der Waals surface area contributed by atoms with Crippen LogP contribution in [-0.2, 0) is 0 Å². The second-order valence-electron chi connectivity index (χ2n) is 2.80. The Bertz CT molecular complexity index is 532. The van der Waals surface area contributed by atoms with Crippen LogP contribution >= 0.6 is 0 Å². The van der Waals surface area contributed by atoms with Gasteiger partial charge in [-0.15, -0.1) is 0 Å². The van der Waals surface area contributed by atoms with E-state index in [9.17, 15) is 4.39 Å². The number of rotatable bonds is 2. The zero-order valence-electron chi connectivity index (χ0n) is 8.18. The number of nitrogens with two attached hydrogens (primary N) is 1. The van der Waals surface area contributed by atoms with Gasteiger partial charge < -0.3 is 5.73 Å². The van der Waals surface area contributed by atoms with E-state index in [1.165, 1.54) is 24.4 Å². The zero-order chi connectivity index (χ0) is 12.0. The maximum atomic E-state index is 12.8. The molecule has 0 heterocycles. The lowest BCUT2D eigenvalue weighted by Crippen LogP contribution is -1.97. The molecule has 0 aliphatic heterocycles. The Hall–Kier alpha value is -2.66. The number of halogens is 1. The molecule has 0 fully saturated rings. The quantitative estimate of drug-likeness (QED) is 0.597. The van der Waals surface area contributed by atoms with Gasteiger partial charge in [-0.1, -0.05) is 12.1 Å². The summed E-state index contributed by atoms with van der Waals surface area (Å²) in [6.07, 6.45) is 1.27. The van der Waals surface area contributed by atoms with Crippen LogP contribution in [-0.4, -0.2) is 6.21 Å². The molecule has 4 nitrogen and oxygen atoms in total. The molecule has 0 saturated heterocycles. The Morgan fingerprint density at radius 2 is 2.12 bits per heavy atom. The highest BCUT2D eigenvalue weighted by molar-refractivity contribution is 5.80. The molecule has 78 valence electrons. The Morgan fingerprint density at radius 1 is 1.38 bits per heavy atom. The van der Waals surface area contributed by atoms with Crippen molar-refractivity contribution in [1.82, 2.24) is 0 Å². The van der Waals surface area contributed by atoms with Crippen molar-refractivity contribution in [3.63, 3.8) is 0 Å². The van der Waals surface area contributed by atoms with Gasteiger partial charge in [-0.25, -0.2) is 9.38 Å². The van der Waals surface area contributed by atoms with Crippen molar-refractivity contribution in [2.24, 2.45) is 10.7 Å². The minimum atomic E-state index is -0.403. The third-order valence-corrected chi connectivity index (χ3v) is 1.67. The molecule has 0 aliphatic carbocycles. The van der Waals surface area contributed by atoms with E-state index in [0.717, 1.165) is 0 Å². The zero-order valence-corrected chi connectivity index (χ0v) is 8.18. The largest absolute Gasteiger partial charge is 0.388 e. The van der Waals surface area contributed by atoms with Crippen molar-refractivity contribution in [2.75, 3.05) is 0 Å². The number of benzene rings is 1. The summed E-state index contributed by atoms with van der Waals surface area (Å²) in [5.74, 6) is -0.403. The maximum absolute atomic E-state index is 12.8. The third-order valence-electron chi connectivity index (χ3n) is 1.67. The van der Waals surface area contributed by atoms with E-state index in [-0.39, 0.29) is 11.4 Å². The van der Waals surface area contributed by atoms with Crippen LogP contribution in [0.25, 0.3) is 0 Å². The average molecular weight is 214 g/mol. The molecule has 2 N–H and O–H groups in total. The highest BCUT2D eigenvalue weighted by Crippen LogP contribution is 2.03. The minimum absolute atomic E-state index is 0.188. The average Bonchev–Trinajstić information content (AvgIpc) is 2.29. The molecule has 1 aromatic rings. The number of nitrogens with zero attached hydrogens (tertiary/aromatic N) is 3. The van der Waals surface area contributed by atoms with E-state index in [0.29, 0.717) is 5.56 Å². The summed E-state index contributed by atoms with van der Waals surface area (Å²) in [6, 6.07) is 8.96. The van der Waals surface area contributed by atoms with Crippen LogP contribution in [0.1, 0.15) is 5.56 Å². The minimum Gasteiger partial charge on any atom is -0.388 e. The molecule has 0 amide bonds. The van der Waals surface area contributed by atoms with Crippen molar-refractivity contribution >= 4 is 6.21 Å². The number of allylic oxidation sites excluding steroid dienone is 2. The van der Waals surface area contributed by atoms with E-state index in [1.807, 2.05) is 0 Å². The predicted molar refractivity (Wildman–Crippen MR) is 56.4 cm³/mol. The smallest absolute Gasteiger partial charge is 0.174 e. The lowest BCUT2D eigenvalue weighted by Gasteiger charge is -1.93. The fourth-order valence-electron chi connectivity index (χ4n) is 0.938. The van der Waals surface area contributed by atoms with Gasteiger partial charge in [0.05, 0.1) is 0 Å². The first kappa shape index (κ1) is 11.4. The summed E-state index contributed by atoms with van der Waals surface area (Å²) in [5.41, 5.74) is 5.26. The van der Waals surface area contributed by atoms with Gasteiger partial charge in [0, 0.05) is 6.21 Å². The fourth-order valence-corrected chi connectivity index (χ4v) is 0.938. The Kier molecular flexibility index (Phi) is 3.77. The highest BCUT2D eigenvalue weighted by atomic mass is 19.1. The second kappa shape index (κ2) is 5.28. The van der Waals surface area contributed by atoms with Gasteiger partial charge in [-0.05, 0) is 17.7 Å². The number of hydrogen-bond acceptors (Lipinski definition) is 4. The van der Waals surface area contributed by atoms with Gasteiger partial charge >= 0.3 is 0 Å². The molecule has 0 radical (unpaired) electrons.